The summed E-state index contributed by atoms with van der Waals surface area (Å²) in [7, 11) is 2.18. The SMILES string of the molecule is C=C/C=C(\C=C)C(C)N1CCN(C)CC1. The van der Waals surface area contributed by atoms with E-state index in [1.54, 1.807) is 0 Å². The molecule has 0 bridgehead atoms. The van der Waals surface area contributed by atoms with E-state index < -0.39 is 0 Å². The molecule has 84 valence electrons. The van der Waals surface area contributed by atoms with Crippen LogP contribution in [0.3, 0.4) is 0 Å². The van der Waals surface area contributed by atoms with Gasteiger partial charge in [-0.25, -0.2) is 0 Å². The van der Waals surface area contributed by atoms with Crippen molar-refractivity contribution in [2.24, 2.45) is 0 Å². The summed E-state index contributed by atoms with van der Waals surface area (Å²) in [5.41, 5.74) is 1.26. The minimum Gasteiger partial charge on any atom is -0.304 e. The van der Waals surface area contributed by atoms with Crippen LogP contribution in [0.4, 0.5) is 0 Å². The third kappa shape index (κ3) is 3.33. The normalized spacial score (nSPS) is 22.4. The fourth-order valence-corrected chi connectivity index (χ4v) is 1.93. The highest BCUT2D eigenvalue weighted by Gasteiger charge is 2.20. The molecule has 0 aliphatic carbocycles. The first-order valence-electron chi connectivity index (χ1n) is 5.56. The van der Waals surface area contributed by atoms with E-state index in [-0.39, 0.29) is 0 Å². The fraction of sp³-hybridized carbons (Fsp3) is 0.538. The molecule has 0 amide bonds. The number of hydrogen-bond donors (Lipinski definition) is 0. The van der Waals surface area contributed by atoms with Gasteiger partial charge >= 0.3 is 0 Å². The van der Waals surface area contributed by atoms with Crippen LogP contribution >= 0.6 is 0 Å². The molecule has 1 heterocycles. The van der Waals surface area contributed by atoms with Crippen molar-refractivity contribution in [3.8, 4) is 0 Å². The van der Waals surface area contributed by atoms with E-state index in [4.69, 9.17) is 0 Å². The first kappa shape index (κ1) is 12.2. The van der Waals surface area contributed by atoms with Crippen molar-refractivity contribution in [1.29, 1.82) is 0 Å². The Hall–Kier alpha value is -0.860. The van der Waals surface area contributed by atoms with Gasteiger partial charge in [-0.05, 0) is 19.5 Å². The second-order valence-electron chi connectivity index (χ2n) is 4.12. The topological polar surface area (TPSA) is 6.48 Å². The van der Waals surface area contributed by atoms with Crippen LogP contribution in [0.15, 0.2) is 37.0 Å². The van der Waals surface area contributed by atoms with Crippen molar-refractivity contribution in [2.75, 3.05) is 33.2 Å². The van der Waals surface area contributed by atoms with E-state index in [0.29, 0.717) is 6.04 Å². The van der Waals surface area contributed by atoms with Gasteiger partial charge in [0.15, 0.2) is 0 Å². The van der Waals surface area contributed by atoms with Crippen LogP contribution in [-0.2, 0) is 0 Å². The van der Waals surface area contributed by atoms with E-state index in [1.807, 2.05) is 12.2 Å². The Bertz CT molecular complexity index is 247. The van der Waals surface area contributed by atoms with Crippen molar-refractivity contribution >= 4 is 0 Å². The van der Waals surface area contributed by atoms with Gasteiger partial charge in [-0.3, -0.25) is 4.90 Å². The van der Waals surface area contributed by atoms with Gasteiger partial charge in [0.1, 0.15) is 0 Å². The van der Waals surface area contributed by atoms with E-state index >= 15 is 0 Å². The first-order chi connectivity index (χ1) is 7.19. The lowest BCUT2D eigenvalue weighted by molar-refractivity contribution is 0.133. The molecular formula is C13H22N2. The van der Waals surface area contributed by atoms with Gasteiger partial charge in [-0.15, -0.1) is 0 Å². The molecule has 0 aromatic carbocycles. The third-order valence-electron chi connectivity index (χ3n) is 3.11. The lowest BCUT2D eigenvalue weighted by atomic mass is 10.1. The van der Waals surface area contributed by atoms with Crippen LogP contribution in [0.5, 0.6) is 0 Å². The molecule has 0 radical (unpaired) electrons. The molecule has 1 rings (SSSR count). The van der Waals surface area contributed by atoms with Crippen LogP contribution < -0.4 is 0 Å². The zero-order valence-corrected chi connectivity index (χ0v) is 9.95. The van der Waals surface area contributed by atoms with E-state index in [0.717, 1.165) is 26.2 Å². The van der Waals surface area contributed by atoms with Gasteiger partial charge in [0.2, 0.25) is 0 Å². The summed E-state index contributed by atoms with van der Waals surface area (Å²) in [6, 6.07) is 0.453. The highest BCUT2D eigenvalue weighted by molar-refractivity contribution is 5.26. The van der Waals surface area contributed by atoms with Gasteiger partial charge in [-0.2, -0.15) is 0 Å². The summed E-state index contributed by atoms with van der Waals surface area (Å²) in [6.45, 7) is 14.4. The monoisotopic (exact) mass is 206 g/mol. The maximum absolute atomic E-state index is 3.86. The average molecular weight is 206 g/mol. The Labute approximate surface area is 93.6 Å². The molecule has 2 nitrogen and oxygen atoms in total. The zero-order chi connectivity index (χ0) is 11.3. The van der Waals surface area contributed by atoms with Gasteiger partial charge in [0.05, 0.1) is 0 Å². The summed E-state index contributed by atoms with van der Waals surface area (Å²) in [5.74, 6) is 0. The Kier molecular flexibility index (Phi) is 4.79. The van der Waals surface area contributed by atoms with Gasteiger partial charge < -0.3 is 4.90 Å². The summed E-state index contributed by atoms with van der Waals surface area (Å²) < 4.78 is 0. The number of rotatable bonds is 4. The molecular weight excluding hydrogens is 184 g/mol. The number of likely N-dealkylation sites (N-methyl/N-ethyl adjacent to an activating group) is 1. The standard InChI is InChI=1S/C13H22N2/c1-5-7-13(6-2)12(3)15-10-8-14(4)9-11-15/h5-7,12H,1-2,8-11H2,3-4H3/b13-7+. The fourth-order valence-electron chi connectivity index (χ4n) is 1.93. The number of hydrogen-bond acceptors (Lipinski definition) is 2. The molecule has 1 atom stereocenters. The molecule has 1 fully saturated rings. The second-order valence-corrected chi connectivity index (χ2v) is 4.12. The Morgan fingerprint density at radius 3 is 2.27 bits per heavy atom. The van der Waals surface area contributed by atoms with Crippen molar-refractivity contribution in [3.63, 3.8) is 0 Å². The van der Waals surface area contributed by atoms with Crippen molar-refractivity contribution < 1.29 is 0 Å². The smallest absolute Gasteiger partial charge is 0.0320 e. The predicted molar refractivity (Wildman–Crippen MR) is 67.0 cm³/mol. The molecule has 2 heteroatoms. The average Bonchev–Trinajstić information content (AvgIpc) is 2.26. The summed E-state index contributed by atoms with van der Waals surface area (Å²) in [5, 5.41) is 0. The molecule has 1 aliphatic rings. The Balaban J connectivity index is 2.59. The van der Waals surface area contributed by atoms with Gasteiger partial charge in [-0.1, -0.05) is 31.4 Å². The van der Waals surface area contributed by atoms with E-state index in [1.165, 1.54) is 5.57 Å². The molecule has 1 aliphatic heterocycles. The quantitative estimate of drug-likeness (QED) is 0.648. The van der Waals surface area contributed by atoms with Crippen LogP contribution in [-0.4, -0.2) is 49.1 Å². The minimum atomic E-state index is 0.453. The highest BCUT2D eigenvalue weighted by atomic mass is 15.3. The van der Waals surface area contributed by atoms with Crippen molar-refractivity contribution in [1.82, 2.24) is 9.80 Å². The van der Waals surface area contributed by atoms with Crippen LogP contribution in [0, 0.1) is 0 Å². The predicted octanol–water partition coefficient (Wildman–Crippen LogP) is 1.92. The first-order valence-corrected chi connectivity index (χ1v) is 5.56. The molecule has 1 saturated heterocycles. The largest absolute Gasteiger partial charge is 0.304 e. The molecule has 0 aromatic rings. The third-order valence-corrected chi connectivity index (χ3v) is 3.11. The number of allylic oxidation sites excluding steroid dienone is 2. The van der Waals surface area contributed by atoms with E-state index in [9.17, 15) is 0 Å². The maximum Gasteiger partial charge on any atom is 0.0320 e. The molecule has 0 aromatic heterocycles. The number of piperazine rings is 1. The minimum absolute atomic E-state index is 0.453. The van der Waals surface area contributed by atoms with Crippen molar-refractivity contribution in [2.45, 2.75) is 13.0 Å². The van der Waals surface area contributed by atoms with Crippen LogP contribution in [0.1, 0.15) is 6.92 Å². The highest BCUT2D eigenvalue weighted by Crippen LogP contribution is 2.13. The molecule has 0 saturated carbocycles. The lowest BCUT2D eigenvalue weighted by Gasteiger charge is -2.36. The summed E-state index contributed by atoms with van der Waals surface area (Å²) in [4.78, 5) is 4.87. The second kappa shape index (κ2) is 5.89. The summed E-state index contributed by atoms with van der Waals surface area (Å²) >= 11 is 0. The lowest BCUT2D eigenvalue weighted by Crippen LogP contribution is -2.48. The number of nitrogens with zero attached hydrogens (tertiary/aromatic N) is 2. The van der Waals surface area contributed by atoms with Gasteiger partial charge in [0.25, 0.3) is 0 Å². The van der Waals surface area contributed by atoms with Crippen LogP contribution in [0.2, 0.25) is 0 Å². The van der Waals surface area contributed by atoms with E-state index in [2.05, 4.69) is 43.0 Å². The molecule has 1 unspecified atom stereocenters. The van der Waals surface area contributed by atoms with Crippen molar-refractivity contribution in [3.05, 3.63) is 37.0 Å². The molecule has 0 N–H and O–H groups in total. The Morgan fingerprint density at radius 1 is 1.20 bits per heavy atom. The zero-order valence-electron chi connectivity index (χ0n) is 9.95. The maximum atomic E-state index is 3.86. The van der Waals surface area contributed by atoms with Gasteiger partial charge in [0, 0.05) is 32.2 Å². The van der Waals surface area contributed by atoms with Crippen LogP contribution in [0.25, 0.3) is 0 Å². The summed E-state index contributed by atoms with van der Waals surface area (Å²) in [6.07, 6.45) is 5.82. The molecule has 0 spiro atoms. The Morgan fingerprint density at radius 2 is 1.80 bits per heavy atom. The molecule has 15 heavy (non-hydrogen) atoms.